The van der Waals surface area contributed by atoms with E-state index in [2.05, 4.69) is 11.4 Å². The highest BCUT2D eigenvalue weighted by Gasteiger charge is 2.31. The molecule has 1 N–H and O–H groups in total. The lowest BCUT2D eigenvalue weighted by Crippen LogP contribution is -2.52. The molecule has 1 aliphatic carbocycles. The number of nitrogens with one attached hydrogen (secondary N) is 1. The van der Waals surface area contributed by atoms with Gasteiger partial charge in [0.15, 0.2) is 0 Å². The van der Waals surface area contributed by atoms with E-state index in [-0.39, 0.29) is 24.3 Å². The molecular weight excluding hydrogens is 480 g/mol. The fourth-order valence-electron chi connectivity index (χ4n) is 5.19. The van der Waals surface area contributed by atoms with Gasteiger partial charge in [-0.05, 0) is 48.9 Å². The van der Waals surface area contributed by atoms with Gasteiger partial charge in [-0.1, -0.05) is 109 Å². The molecule has 0 aliphatic heterocycles. The number of hydrogen-bond donors (Lipinski definition) is 1. The fraction of sp³-hybridized carbons (Fsp3) is 0.375. The number of amides is 2. The summed E-state index contributed by atoms with van der Waals surface area (Å²) in [7, 11) is 0. The maximum Gasteiger partial charge on any atom is 0.243 e. The zero-order valence-electron chi connectivity index (χ0n) is 21.7. The van der Waals surface area contributed by atoms with Crippen molar-refractivity contribution in [2.75, 3.05) is 0 Å². The standard InChI is InChI=1S/C32H37ClN2O2/c1-24-11-10-14-26(21-24)23-35(31(36)20-19-27-15-8-9-18-29(27)33)30(22-25-12-4-2-5-13-25)32(37)34-28-16-6-3-7-17-28/h2,4-5,8-15,18,21,28,30H,3,6-7,16-17,19-20,22-23H2,1H3,(H,34,37). The monoisotopic (exact) mass is 516 g/mol. The lowest BCUT2D eigenvalue weighted by Gasteiger charge is -2.33. The van der Waals surface area contributed by atoms with Gasteiger partial charge < -0.3 is 10.2 Å². The minimum absolute atomic E-state index is 0.0406. The van der Waals surface area contributed by atoms with Crippen LogP contribution in [0.15, 0.2) is 78.9 Å². The van der Waals surface area contributed by atoms with Gasteiger partial charge in [-0.25, -0.2) is 0 Å². The largest absolute Gasteiger partial charge is 0.352 e. The second kappa shape index (κ2) is 13.4. The molecule has 2 amide bonds. The predicted octanol–water partition coefficient (Wildman–Crippen LogP) is 6.67. The minimum Gasteiger partial charge on any atom is -0.352 e. The van der Waals surface area contributed by atoms with Crippen LogP contribution in [0.4, 0.5) is 0 Å². The van der Waals surface area contributed by atoms with Crippen LogP contribution in [-0.4, -0.2) is 28.8 Å². The third-order valence-corrected chi connectivity index (χ3v) is 7.59. The molecule has 0 radical (unpaired) electrons. The van der Waals surface area contributed by atoms with Gasteiger partial charge in [0, 0.05) is 30.5 Å². The Morgan fingerprint density at radius 3 is 2.35 bits per heavy atom. The maximum absolute atomic E-state index is 13.8. The van der Waals surface area contributed by atoms with E-state index in [1.54, 1.807) is 4.90 Å². The van der Waals surface area contributed by atoms with Gasteiger partial charge in [-0.2, -0.15) is 0 Å². The van der Waals surface area contributed by atoms with Crippen LogP contribution in [0.3, 0.4) is 0 Å². The molecule has 4 rings (SSSR count). The minimum atomic E-state index is -0.594. The van der Waals surface area contributed by atoms with E-state index in [4.69, 9.17) is 11.6 Å². The summed E-state index contributed by atoms with van der Waals surface area (Å²) in [6, 6.07) is 25.4. The van der Waals surface area contributed by atoms with Crippen molar-refractivity contribution in [3.05, 3.63) is 106 Å². The topological polar surface area (TPSA) is 49.4 Å². The quantitative estimate of drug-likeness (QED) is 0.327. The number of nitrogens with zero attached hydrogens (tertiary/aromatic N) is 1. The summed E-state index contributed by atoms with van der Waals surface area (Å²) in [5.41, 5.74) is 4.14. The van der Waals surface area contributed by atoms with Crippen molar-refractivity contribution in [1.82, 2.24) is 10.2 Å². The number of rotatable bonds is 10. The van der Waals surface area contributed by atoms with E-state index in [1.807, 2.05) is 79.7 Å². The molecule has 0 spiro atoms. The molecule has 3 aromatic rings. The third-order valence-electron chi connectivity index (χ3n) is 7.22. The smallest absolute Gasteiger partial charge is 0.243 e. The molecular formula is C32H37ClN2O2. The molecule has 3 aromatic carbocycles. The van der Waals surface area contributed by atoms with Crippen LogP contribution in [0.5, 0.6) is 0 Å². The lowest BCUT2D eigenvalue weighted by molar-refractivity contribution is -0.141. The molecule has 1 aliphatic rings. The number of hydrogen-bond acceptors (Lipinski definition) is 2. The summed E-state index contributed by atoms with van der Waals surface area (Å²) in [6.45, 7) is 2.43. The van der Waals surface area contributed by atoms with Crippen LogP contribution in [0.1, 0.15) is 60.8 Å². The van der Waals surface area contributed by atoms with Crippen molar-refractivity contribution < 1.29 is 9.59 Å². The number of aryl methyl sites for hydroxylation is 2. The first-order chi connectivity index (χ1) is 18.0. The second-order valence-electron chi connectivity index (χ2n) is 10.2. The van der Waals surface area contributed by atoms with Gasteiger partial charge in [-0.3, -0.25) is 9.59 Å². The molecule has 194 valence electrons. The highest BCUT2D eigenvalue weighted by atomic mass is 35.5. The highest BCUT2D eigenvalue weighted by molar-refractivity contribution is 6.31. The van der Waals surface area contributed by atoms with E-state index in [0.717, 1.165) is 47.9 Å². The Morgan fingerprint density at radius 1 is 0.919 bits per heavy atom. The average molecular weight is 517 g/mol. The highest BCUT2D eigenvalue weighted by Crippen LogP contribution is 2.22. The van der Waals surface area contributed by atoms with Crippen molar-refractivity contribution in [1.29, 1.82) is 0 Å². The Balaban J connectivity index is 1.62. The van der Waals surface area contributed by atoms with Gasteiger partial charge in [0.1, 0.15) is 6.04 Å². The molecule has 4 nitrogen and oxygen atoms in total. The Hall–Kier alpha value is -3.11. The fourth-order valence-corrected chi connectivity index (χ4v) is 5.42. The zero-order valence-corrected chi connectivity index (χ0v) is 22.4. The first kappa shape index (κ1) is 26.9. The molecule has 37 heavy (non-hydrogen) atoms. The van der Waals surface area contributed by atoms with Crippen LogP contribution >= 0.6 is 11.6 Å². The van der Waals surface area contributed by atoms with Crippen LogP contribution in [0, 0.1) is 6.92 Å². The van der Waals surface area contributed by atoms with Gasteiger partial charge in [-0.15, -0.1) is 0 Å². The summed E-state index contributed by atoms with van der Waals surface area (Å²) >= 11 is 6.37. The number of benzene rings is 3. The Kier molecular flexibility index (Phi) is 9.78. The van der Waals surface area contributed by atoms with Crippen molar-refractivity contribution in [3.63, 3.8) is 0 Å². The van der Waals surface area contributed by atoms with E-state index in [0.29, 0.717) is 24.4 Å². The lowest BCUT2D eigenvalue weighted by atomic mass is 9.94. The third kappa shape index (κ3) is 7.93. The van der Waals surface area contributed by atoms with E-state index < -0.39 is 6.04 Å². The Bertz CT molecular complexity index is 1170. The van der Waals surface area contributed by atoms with Gasteiger partial charge in [0.05, 0.1) is 0 Å². The number of carbonyl (C=O) groups is 2. The number of carbonyl (C=O) groups excluding carboxylic acids is 2. The predicted molar refractivity (Wildman–Crippen MR) is 150 cm³/mol. The molecule has 5 heteroatoms. The molecule has 1 atom stereocenters. The summed E-state index contributed by atoms with van der Waals surface area (Å²) in [5, 5.41) is 3.96. The van der Waals surface area contributed by atoms with E-state index in [1.165, 1.54) is 6.42 Å². The van der Waals surface area contributed by atoms with Gasteiger partial charge in [0.2, 0.25) is 11.8 Å². The molecule has 0 saturated heterocycles. The molecule has 1 fully saturated rings. The van der Waals surface area contributed by atoms with Gasteiger partial charge >= 0.3 is 0 Å². The molecule has 0 bridgehead atoms. The van der Waals surface area contributed by atoms with Crippen molar-refractivity contribution in [2.45, 2.75) is 76.9 Å². The Labute approximate surface area is 226 Å². The first-order valence-corrected chi connectivity index (χ1v) is 13.8. The SMILES string of the molecule is Cc1cccc(CN(C(=O)CCc2ccccc2Cl)C(Cc2ccccc2)C(=O)NC2CCCCC2)c1. The van der Waals surface area contributed by atoms with Crippen molar-refractivity contribution in [2.24, 2.45) is 0 Å². The summed E-state index contributed by atoms with van der Waals surface area (Å²) in [6.07, 6.45) is 6.80. The molecule has 1 unspecified atom stereocenters. The van der Waals surface area contributed by atoms with Crippen LogP contribution in [-0.2, 0) is 29.0 Å². The normalized spacial score (nSPS) is 14.6. The van der Waals surface area contributed by atoms with Crippen LogP contribution in [0.2, 0.25) is 5.02 Å². The molecule has 0 aromatic heterocycles. The van der Waals surface area contributed by atoms with E-state index >= 15 is 0 Å². The summed E-state index contributed by atoms with van der Waals surface area (Å²) < 4.78 is 0. The van der Waals surface area contributed by atoms with Crippen LogP contribution < -0.4 is 5.32 Å². The zero-order chi connectivity index (χ0) is 26.0. The summed E-state index contributed by atoms with van der Waals surface area (Å²) in [4.78, 5) is 29.5. The second-order valence-corrected chi connectivity index (χ2v) is 10.6. The summed E-state index contributed by atoms with van der Waals surface area (Å²) in [5.74, 6) is -0.101. The van der Waals surface area contributed by atoms with Crippen LogP contribution in [0.25, 0.3) is 0 Å². The number of halogens is 1. The molecule has 0 heterocycles. The first-order valence-electron chi connectivity index (χ1n) is 13.4. The average Bonchev–Trinajstić information content (AvgIpc) is 2.91. The van der Waals surface area contributed by atoms with Gasteiger partial charge in [0.25, 0.3) is 0 Å². The van der Waals surface area contributed by atoms with E-state index in [9.17, 15) is 9.59 Å². The van der Waals surface area contributed by atoms with Crippen molar-refractivity contribution in [3.8, 4) is 0 Å². The Morgan fingerprint density at radius 2 is 1.62 bits per heavy atom. The maximum atomic E-state index is 13.8. The molecule has 1 saturated carbocycles. The van der Waals surface area contributed by atoms with Crippen molar-refractivity contribution >= 4 is 23.4 Å².